The molecule has 0 fully saturated rings. The second-order valence-corrected chi connectivity index (χ2v) is 3.34. The van der Waals surface area contributed by atoms with E-state index in [0.717, 1.165) is 5.69 Å². The standard InChI is InChI=1S/C9H9NS2/c1-7-8(10-6-11)4-3-5-9(7)12-2/h3-5H,1-2H3. The second kappa shape index (κ2) is 4.41. The van der Waals surface area contributed by atoms with Crippen LogP contribution >= 0.6 is 24.0 Å². The number of isothiocyanates is 1. The van der Waals surface area contributed by atoms with Crippen LogP contribution in [0, 0.1) is 6.92 Å². The molecular formula is C9H9NS2. The fourth-order valence-corrected chi connectivity index (χ4v) is 1.72. The molecule has 62 valence electrons. The summed E-state index contributed by atoms with van der Waals surface area (Å²) in [6.45, 7) is 2.04. The van der Waals surface area contributed by atoms with Crippen molar-refractivity contribution in [1.82, 2.24) is 0 Å². The van der Waals surface area contributed by atoms with Gasteiger partial charge in [0, 0.05) is 4.90 Å². The highest BCUT2D eigenvalue weighted by atomic mass is 32.2. The lowest BCUT2D eigenvalue weighted by Crippen LogP contribution is -1.78. The van der Waals surface area contributed by atoms with Gasteiger partial charge in [-0.05, 0) is 43.1 Å². The van der Waals surface area contributed by atoms with Gasteiger partial charge in [0.25, 0.3) is 0 Å². The smallest absolute Gasteiger partial charge is 0.0779 e. The van der Waals surface area contributed by atoms with E-state index < -0.39 is 0 Å². The average Bonchev–Trinajstić information content (AvgIpc) is 2.09. The Labute approximate surface area is 81.9 Å². The molecule has 0 radical (unpaired) electrons. The van der Waals surface area contributed by atoms with E-state index in [0.29, 0.717) is 0 Å². The molecule has 0 atom stereocenters. The van der Waals surface area contributed by atoms with Crippen LogP contribution in [0.1, 0.15) is 5.56 Å². The average molecular weight is 195 g/mol. The first-order valence-corrected chi connectivity index (χ1v) is 5.14. The number of benzene rings is 1. The first kappa shape index (κ1) is 9.46. The highest BCUT2D eigenvalue weighted by Crippen LogP contribution is 2.27. The summed E-state index contributed by atoms with van der Waals surface area (Å²) in [6, 6.07) is 5.99. The number of thiocarbonyl (C=S) groups is 1. The van der Waals surface area contributed by atoms with Crippen molar-refractivity contribution in [3.63, 3.8) is 0 Å². The Kier molecular flexibility index (Phi) is 3.48. The molecule has 0 heterocycles. The Morgan fingerprint density at radius 3 is 2.83 bits per heavy atom. The van der Waals surface area contributed by atoms with Gasteiger partial charge < -0.3 is 0 Å². The molecule has 0 N–H and O–H groups in total. The Morgan fingerprint density at radius 1 is 1.50 bits per heavy atom. The van der Waals surface area contributed by atoms with Gasteiger partial charge in [0.1, 0.15) is 0 Å². The summed E-state index contributed by atoms with van der Waals surface area (Å²) in [5.74, 6) is 0. The van der Waals surface area contributed by atoms with Crippen LogP contribution in [-0.4, -0.2) is 11.4 Å². The number of aliphatic imine (C=N–C) groups is 1. The summed E-state index contributed by atoms with van der Waals surface area (Å²) >= 11 is 6.26. The molecule has 0 saturated heterocycles. The van der Waals surface area contributed by atoms with E-state index in [4.69, 9.17) is 0 Å². The topological polar surface area (TPSA) is 12.4 Å². The zero-order valence-corrected chi connectivity index (χ0v) is 8.63. The van der Waals surface area contributed by atoms with Crippen molar-refractivity contribution >= 4 is 34.8 Å². The third-order valence-corrected chi connectivity index (χ3v) is 2.61. The third kappa shape index (κ3) is 1.95. The van der Waals surface area contributed by atoms with Crippen molar-refractivity contribution in [2.75, 3.05) is 6.26 Å². The van der Waals surface area contributed by atoms with Crippen molar-refractivity contribution in [3.8, 4) is 0 Å². The number of hydrogen-bond donors (Lipinski definition) is 0. The molecule has 0 saturated carbocycles. The van der Waals surface area contributed by atoms with Gasteiger partial charge in [0.15, 0.2) is 0 Å². The maximum absolute atomic E-state index is 4.55. The number of hydrogen-bond acceptors (Lipinski definition) is 3. The molecule has 0 aliphatic carbocycles. The van der Waals surface area contributed by atoms with Crippen molar-refractivity contribution in [2.45, 2.75) is 11.8 Å². The summed E-state index contributed by atoms with van der Waals surface area (Å²) in [6.07, 6.45) is 2.05. The van der Waals surface area contributed by atoms with Crippen molar-refractivity contribution in [2.24, 2.45) is 4.99 Å². The molecule has 1 rings (SSSR count). The molecule has 0 aliphatic rings. The van der Waals surface area contributed by atoms with Crippen LogP contribution in [0.4, 0.5) is 5.69 Å². The van der Waals surface area contributed by atoms with Gasteiger partial charge in [-0.3, -0.25) is 0 Å². The van der Waals surface area contributed by atoms with Crippen molar-refractivity contribution in [1.29, 1.82) is 0 Å². The predicted molar refractivity (Wildman–Crippen MR) is 57.6 cm³/mol. The van der Waals surface area contributed by atoms with Crippen LogP contribution in [0.15, 0.2) is 28.1 Å². The molecule has 0 unspecified atom stereocenters. The molecule has 3 heteroatoms. The van der Waals surface area contributed by atoms with Gasteiger partial charge in [-0.15, -0.1) is 11.8 Å². The quantitative estimate of drug-likeness (QED) is 0.407. The molecule has 12 heavy (non-hydrogen) atoms. The number of thioether (sulfide) groups is 1. The first-order chi connectivity index (χ1) is 5.79. The highest BCUT2D eigenvalue weighted by molar-refractivity contribution is 7.98. The second-order valence-electron chi connectivity index (χ2n) is 2.31. The summed E-state index contributed by atoms with van der Waals surface area (Å²) in [7, 11) is 0. The fraction of sp³-hybridized carbons (Fsp3) is 0.222. The van der Waals surface area contributed by atoms with Crippen LogP contribution in [0.2, 0.25) is 0 Å². The van der Waals surface area contributed by atoms with E-state index in [1.54, 1.807) is 11.8 Å². The van der Waals surface area contributed by atoms with E-state index in [-0.39, 0.29) is 0 Å². The molecule has 0 amide bonds. The molecule has 0 aromatic heterocycles. The highest BCUT2D eigenvalue weighted by Gasteiger charge is 1.99. The lowest BCUT2D eigenvalue weighted by molar-refractivity contribution is 1.28. The van der Waals surface area contributed by atoms with E-state index in [9.17, 15) is 0 Å². The van der Waals surface area contributed by atoms with E-state index in [2.05, 4.69) is 28.4 Å². The lowest BCUT2D eigenvalue weighted by atomic mass is 10.2. The molecule has 1 nitrogen and oxygen atoms in total. The molecule has 1 aromatic rings. The summed E-state index contributed by atoms with van der Waals surface area (Å²) in [4.78, 5) is 5.20. The summed E-state index contributed by atoms with van der Waals surface area (Å²) in [5, 5.41) is 2.38. The monoisotopic (exact) mass is 195 g/mol. The van der Waals surface area contributed by atoms with Crippen LogP contribution in [0.25, 0.3) is 0 Å². The van der Waals surface area contributed by atoms with Crippen LogP contribution in [-0.2, 0) is 0 Å². The maximum atomic E-state index is 4.55. The Morgan fingerprint density at radius 2 is 2.25 bits per heavy atom. The largest absolute Gasteiger partial charge is 0.194 e. The van der Waals surface area contributed by atoms with Crippen molar-refractivity contribution < 1.29 is 0 Å². The van der Waals surface area contributed by atoms with Gasteiger partial charge in [-0.1, -0.05) is 6.07 Å². The minimum absolute atomic E-state index is 0.914. The van der Waals surface area contributed by atoms with Gasteiger partial charge in [-0.25, -0.2) is 0 Å². The third-order valence-electron chi connectivity index (χ3n) is 1.64. The van der Waals surface area contributed by atoms with E-state index in [1.807, 2.05) is 25.3 Å². The Bertz CT molecular complexity index is 327. The van der Waals surface area contributed by atoms with Crippen LogP contribution in [0.5, 0.6) is 0 Å². The van der Waals surface area contributed by atoms with E-state index in [1.165, 1.54) is 10.5 Å². The van der Waals surface area contributed by atoms with Crippen LogP contribution in [0.3, 0.4) is 0 Å². The molecule has 1 aromatic carbocycles. The lowest BCUT2D eigenvalue weighted by Gasteiger charge is -2.03. The van der Waals surface area contributed by atoms with Gasteiger partial charge in [0.2, 0.25) is 0 Å². The zero-order chi connectivity index (χ0) is 8.97. The number of nitrogens with zero attached hydrogens (tertiary/aromatic N) is 1. The summed E-state index contributed by atoms with van der Waals surface area (Å²) < 4.78 is 0. The van der Waals surface area contributed by atoms with Gasteiger partial charge in [0.05, 0.1) is 10.8 Å². The molecular weight excluding hydrogens is 186 g/mol. The predicted octanol–water partition coefficient (Wildman–Crippen LogP) is 3.45. The molecule has 0 bridgehead atoms. The first-order valence-electron chi connectivity index (χ1n) is 3.51. The van der Waals surface area contributed by atoms with Crippen LogP contribution < -0.4 is 0 Å². The normalized spacial score (nSPS) is 9.17. The SMILES string of the molecule is CSc1cccc(N=C=S)c1C. The van der Waals surface area contributed by atoms with Crippen molar-refractivity contribution in [3.05, 3.63) is 23.8 Å². The molecule has 0 aliphatic heterocycles. The van der Waals surface area contributed by atoms with Gasteiger partial charge in [-0.2, -0.15) is 4.99 Å². The summed E-state index contributed by atoms with van der Waals surface area (Å²) in [5.41, 5.74) is 2.08. The minimum atomic E-state index is 0.914. The zero-order valence-electron chi connectivity index (χ0n) is 7.00. The maximum Gasteiger partial charge on any atom is 0.0779 e. The fourth-order valence-electron chi connectivity index (χ4n) is 0.994. The minimum Gasteiger partial charge on any atom is -0.194 e. The number of rotatable bonds is 2. The molecule has 0 spiro atoms. The Balaban J connectivity index is 3.22. The van der Waals surface area contributed by atoms with E-state index >= 15 is 0 Å². The van der Waals surface area contributed by atoms with Gasteiger partial charge >= 0.3 is 0 Å². The Hall–Kier alpha value is -0.630.